The number of alkyl halides is 3. The van der Waals surface area contributed by atoms with Crippen LogP contribution in [0.5, 0.6) is 0 Å². The second-order valence-corrected chi connectivity index (χ2v) is 2.02. The van der Waals surface area contributed by atoms with Gasteiger partial charge in [-0.15, -0.1) is 0 Å². The number of nitrogens with two attached hydrogens (primary N) is 1. The molecule has 1 heterocycles. The van der Waals surface area contributed by atoms with Gasteiger partial charge in [-0.25, -0.2) is 4.79 Å². The maximum Gasteiger partial charge on any atom is 0.436 e. The van der Waals surface area contributed by atoms with Crippen LogP contribution in [0.25, 0.3) is 0 Å². The van der Waals surface area contributed by atoms with Gasteiger partial charge in [0.05, 0.1) is 0 Å². The molecule has 13 heavy (non-hydrogen) atoms. The Kier molecular flexibility index (Phi) is 2.13. The summed E-state index contributed by atoms with van der Waals surface area (Å²) in [6, 6.07) is -1.63. The predicted octanol–water partition coefficient (Wildman–Crippen LogP) is 1.18. The highest BCUT2D eigenvalue weighted by molar-refractivity contribution is 5.85. The monoisotopic (exact) mass is 195 g/mol. The number of carbonyl (C=O) groups excluding carboxylic acids is 1. The first-order chi connectivity index (χ1) is 5.89. The average Bonchev–Trinajstić information content (AvgIpc) is 2.32. The molecule has 0 saturated carbocycles. The Balaban J connectivity index is 2.81. The van der Waals surface area contributed by atoms with Gasteiger partial charge < -0.3 is 10.2 Å². The molecule has 0 atom stereocenters. The normalized spacial score (nSPS) is 11.3. The number of anilines is 1. The molecule has 0 radical (unpaired) electrons. The van der Waals surface area contributed by atoms with E-state index in [4.69, 9.17) is 0 Å². The van der Waals surface area contributed by atoms with Crippen molar-refractivity contribution in [1.82, 2.24) is 4.98 Å². The van der Waals surface area contributed by atoms with Crippen LogP contribution in [-0.2, 0) is 6.18 Å². The molecule has 0 aliphatic heterocycles. The van der Waals surface area contributed by atoms with E-state index in [1.807, 2.05) is 0 Å². The lowest BCUT2D eigenvalue weighted by Crippen LogP contribution is -2.19. The number of amides is 2. The van der Waals surface area contributed by atoms with Gasteiger partial charge in [0.2, 0.25) is 0 Å². The number of hydrogen-bond acceptors (Lipinski definition) is 3. The van der Waals surface area contributed by atoms with Crippen molar-refractivity contribution in [2.45, 2.75) is 6.18 Å². The molecule has 1 aromatic rings. The molecule has 0 fully saturated rings. The van der Waals surface area contributed by atoms with Gasteiger partial charge in [0, 0.05) is 0 Å². The van der Waals surface area contributed by atoms with Gasteiger partial charge in [0.15, 0.2) is 5.69 Å². The molecule has 1 aromatic heterocycles. The van der Waals surface area contributed by atoms with Crippen molar-refractivity contribution >= 4 is 12.0 Å². The minimum atomic E-state index is -4.60. The second kappa shape index (κ2) is 2.96. The van der Waals surface area contributed by atoms with Gasteiger partial charge in [-0.1, -0.05) is 0 Å². The fraction of sp³-hybridized carbons (Fsp3) is 0.200. The third-order valence-electron chi connectivity index (χ3n) is 1.02. The zero-order chi connectivity index (χ0) is 10.1. The Labute approximate surface area is 69.7 Å². The molecule has 72 valence electrons. The van der Waals surface area contributed by atoms with Gasteiger partial charge in [-0.05, 0) is 0 Å². The smallest absolute Gasteiger partial charge is 0.431 e. The maximum atomic E-state index is 11.9. The van der Waals surface area contributed by atoms with Gasteiger partial charge in [0.25, 0.3) is 0 Å². The van der Waals surface area contributed by atoms with Crippen LogP contribution in [0.1, 0.15) is 5.69 Å². The zero-order valence-electron chi connectivity index (χ0n) is 6.05. The third kappa shape index (κ3) is 2.36. The lowest BCUT2D eigenvalue weighted by molar-refractivity contribution is -0.141. The summed E-state index contributed by atoms with van der Waals surface area (Å²) in [6.45, 7) is 0. The van der Waals surface area contributed by atoms with Crippen LogP contribution in [0.2, 0.25) is 0 Å². The number of oxazole rings is 1. The Bertz CT molecular complexity index is 319. The summed E-state index contributed by atoms with van der Waals surface area (Å²) in [7, 11) is 0. The van der Waals surface area contributed by atoms with Crippen LogP contribution in [0.4, 0.5) is 24.0 Å². The van der Waals surface area contributed by atoms with Crippen molar-refractivity contribution in [2.24, 2.45) is 5.73 Å². The summed E-state index contributed by atoms with van der Waals surface area (Å²) >= 11 is 0. The minimum Gasteiger partial charge on any atom is -0.431 e. The van der Waals surface area contributed by atoms with Gasteiger partial charge in [0.1, 0.15) is 6.26 Å². The standard InChI is InChI=1S/C5H4F3N3O2/c6-5(7,8)2-1-13-4(10-2)11-3(9)12/h1H,(H3,9,10,11,12). The molecule has 0 unspecified atom stereocenters. The Morgan fingerprint density at radius 2 is 2.23 bits per heavy atom. The van der Waals surface area contributed by atoms with E-state index >= 15 is 0 Å². The van der Waals surface area contributed by atoms with E-state index in [0.717, 1.165) is 0 Å². The molecular weight excluding hydrogens is 191 g/mol. The molecule has 0 aliphatic carbocycles. The fourth-order valence-corrected chi connectivity index (χ4v) is 0.567. The largest absolute Gasteiger partial charge is 0.436 e. The third-order valence-corrected chi connectivity index (χ3v) is 1.02. The van der Waals surface area contributed by atoms with Crippen molar-refractivity contribution in [2.75, 3.05) is 5.32 Å². The zero-order valence-corrected chi connectivity index (χ0v) is 6.05. The molecule has 0 aliphatic rings. The second-order valence-electron chi connectivity index (χ2n) is 2.02. The van der Waals surface area contributed by atoms with Gasteiger partial charge in [-0.3, -0.25) is 5.32 Å². The number of hydrogen-bond donors (Lipinski definition) is 2. The number of primary amides is 1. The van der Waals surface area contributed by atoms with Crippen LogP contribution in [0.3, 0.4) is 0 Å². The van der Waals surface area contributed by atoms with Crippen LogP contribution >= 0.6 is 0 Å². The number of carbonyl (C=O) groups is 1. The summed E-state index contributed by atoms with van der Waals surface area (Å²) in [6.07, 6.45) is -4.22. The predicted molar refractivity (Wildman–Crippen MR) is 34.7 cm³/mol. The highest BCUT2D eigenvalue weighted by Crippen LogP contribution is 2.29. The van der Waals surface area contributed by atoms with E-state index in [9.17, 15) is 18.0 Å². The van der Waals surface area contributed by atoms with Crippen molar-refractivity contribution in [1.29, 1.82) is 0 Å². The van der Waals surface area contributed by atoms with Crippen LogP contribution in [-0.4, -0.2) is 11.0 Å². The molecule has 2 amide bonds. The molecule has 0 spiro atoms. The van der Waals surface area contributed by atoms with Crippen molar-refractivity contribution < 1.29 is 22.4 Å². The first kappa shape index (κ1) is 9.36. The number of halogens is 3. The van der Waals surface area contributed by atoms with E-state index in [0.29, 0.717) is 6.26 Å². The Morgan fingerprint density at radius 3 is 2.62 bits per heavy atom. The maximum absolute atomic E-state index is 11.9. The van der Waals surface area contributed by atoms with Crippen LogP contribution in [0, 0.1) is 0 Å². The molecule has 0 bridgehead atoms. The summed E-state index contributed by atoms with van der Waals surface area (Å²) in [5.41, 5.74) is 3.39. The molecule has 3 N–H and O–H groups in total. The van der Waals surface area contributed by atoms with E-state index in [2.05, 4.69) is 15.1 Å². The average molecular weight is 195 g/mol. The number of nitrogens with zero attached hydrogens (tertiary/aromatic N) is 1. The number of aromatic nitrogens is 1. The quantitative estimate of drug-likeness (QED) is 0.705. The van der Waals surface area contributed by atoms with E-state index in [1.54, 1.807) is 5.32 Å². The van der Waals surface area contributed by atoms with E-state index < -0.39 is 23.9 Å². The topological polar surface area (TPSA) is 81.2 Å². The summed E-state index contributed by atoms with van der Waals surface area (Å²) in [5, 5.41) is 1.76. The van der Waals surface area contributed by atoms with Crippen molar-refractivity contribution in [3.63, 3.8) is 0 Å². The first-order valence-corrected chi connectivity index (χ1v) is 2.99. The van der Waals surface area contributed by atoms with E-state index in [-0.39, 0.29) is 0 Å². The number of rotatable bonds is 1. The lowest BCUT2D eigenvalue weighted by atomic mass is 10.5. The Morgan fingerprint density at radius 1 is 1.62 bits per heavy atom. The van der Waals surface area contributed by atoms with Gasteiger partial charge >= 0.3 is 18.2 Å². The number of urea groups is 1. The summed E-state index contributed by atoms with van der Waals surface area (Å²) in [4.78, 5) is 13.1. The van der Waals surface area contributed by atoms with Gasteiger partial charge in [-0.2, -0.15) is 18.2 Å². The molecule has 0 saturated heterocycles. The van der Waals surface area contributed by atoms with Crippen molar-refractivity contribution in [3.05, 3.63) is 12.0 Å². The fourth-order valence-electron chi connectivity index (χ4n) is 0.567. The molecule has 1 rings (SSSR count). The van der Waals surface area contributed by atoms with Crippen molar-refractivity contribution in [3.8, 4) is 0 Å². The summed E-state index contributed by atoms with van der Waals surface area (Å²) in [5.74, 6) is 0. The molecule has 8 heteroatoms. The SMILES string of the molecule is NC(=O)Nc1nc(C(F)(F)F)co1. The highest BCUT2D eigenvalue weighted by atomic mass is 19.4. The molecule has 0 aromatic carbocycles. The molecular formula is C5H4F3N3O2. The highest BCUT2D eigenvalue weighted by Gasteiger charge is 2.34. The Hall–Kier alpha value is -1.73. The minimum absolute atomic E-state index is 0.380. The van der Waals surface area contributed by atoms with Crippen LogP contribution < -0.4 is 11.1 Å². The number of nitrogens with one attached hydrogen (secondary N) is 1. The van der Waals surface area contributed by atoms with E-state index in [1.165, 1.54) is 0 Å². The van der Waals surface area contributed by atoms with Crippen LogP contribution in [0.15, 0.2) is 10.7 Å². The summed E-state index contributed by atoms with van der Waals surface area (Å²) < 4.78 is 39.9. The first-order valence-electron chi connectivity index (χ1n) is 2.99. The lowest BCUT2D eigenvalue weighted by Gasteiger charge is -1.98. The molecule has 5 nitrogen and oxygen atoms in total.